The number of aliphatic imine (C=N–C) groups is 1. The van der Waals surface area contributed by atoms with Gasteiger partial charge in [0, 0.05) is 29.8 Å². The molecule has 3 rings (SSSR count). The van der Waals surface area contributed by atoms with Gasteiger partial charge in [-0.05, 0) is 32.0 Å². The van der Waals surface area contributed by atoms with Crippen LogP contribution >= 0.6 is 0 Å². The third-order valence-electron chi connectivity index (χ3n) is 5.12. The second-order valence-electron chi connectivity index (χ2n) is 7.73. The lowest BCUT2D eigenvalue weighted by molar-refractivity contribution is -0.123. The maximum atomic E-state index is 12.9. The van der Waals surface area contributed by atoms with E-state index in [1.807, 2.05) is 106 Å². The molecule has 1 aliphatic rings. The van der Waals surface area contributed by atoms with E-state index in [2.05, 4.69) is 23.5 Å². The molecule has 35 heavy (non-hydrogen) atoms. The van der Waals surface area contributed by atoms with E-state index in [-0.39, 0.29) is 11.7 Å². The standard InChI is InChI=1S/C23H23NO.C5H10N2O.C2H6/c1-5-12-22(17(3)6-2)24-18(4)20-15-10-11-16-21(20)23(25)19-13-8-7-9-14-19;1-7-3-2-6-5(8)4-7;1-2/h5,7-16H,3-4,6H2,1-2H3;2-4H2,1H3,(H,6,8);1-2H3/b12-5-,24-22?;;. The quantitative estimate of drug-likeness (QED) is 0.399. The van der Waals surface area contributed by atoms with Gasteiger partial charge in [0.15, 0.2) is 5.78 Å². The van der Waals surface area contributed by atoms with Gasteiger partial charge in [-0.15, -0.1) is 0 Å². The fourth-order valence-electron chi connectivity index (χ4n) is 3.22. The van der Waals surface area contributed by atoms with Crippen LogP contribution in [0.1, 0.15) is 55.6 Å². The van der Waals surface area contributed by atoms with E-state index in [0.29, 0.717) is 23.4 Å². The topological polar surface area (TPSA) is 61.8 Å². The number of rotatable bonds is 7. The molecule has 0 spiro atoms. The zero-order chi connectivity index (χ0) is 26.2. The molecule has 1 fully saturated rings. The minimum Gasteiger partial charge on any atom is -0.354 e. The number of likely N-dealkylation sites (N-methyl/N-ethyl adjacent to an activating group) is 1. The summed E-state index contributed by atoms with van der Waals surface area (Å²) in [4.78, 5) is 30.0. The summed E-state index contributed by atoms with van der Waals surface area (Å²) in [6.45, 7) is 18.5. The zero-order valence-electron chi connectivity index (χ0n) is 21.8. The molecule has 0 atom stereocenters. The molecule has 0 aromatic heterocycles. The van der Waals surface area contributed by atoms with E-state index in [4.69, 9.17) is 0 Å². The van der Waals surface area contributed by atoms with Crippen LogP contribution in [0.4, 0.5) is 0 Å². The zero-order valence-corrected chi connectivity index (χ0v) is 21.8. The summed E-state index contributed by atoms with van der Waals surface area (Å²) < 4.78 is 0. The number of carbonyl (C=O) groups excluding carboxylic acids is 2. The lowest BCUT2D eigenvalue weighted by Crippen LogP contribution is -2.45. The summed E-state index contributed by atoms with van der Waals surface area (Å²) >= 11 is 0. The Morgan fingerprint density at radius 1 is 1.06 bits per heavy atom. The van der Waals surface area contributed by atoms with Crippen LogP contribution in [0.2, 0.25) is 0 Å². The fourth-order valence-corrected chi connectivity index (χ4v) is 3.22. The number of hydrogen-bond acceptors (Lipinski definition) is 4. The average Bonchev–Trinajstić information content (AvgIpc) is 2.89. The Bertz CT molecular complexity index is 1050. The Kier molecular flexibility index (Phi) is 13.6. The molecule has 0 aliphatic carbocycles. The van der Waals surface area contributed by atoms with Crippen molar-refractivity contribution in [3.63, 3.8) is 0 Å². The van der Waals surface area contributed by atoms with Crippen molar-refractivity contribution in [3.8, 4) is 0 Å². The van der Waals surface area contributed by atoms with Crippen molar-refractivity contribution >= 4 is 23.1 Å². The lowest BCUT2D eigenvalue weighted by atomic mass is 9.97. The van der Waals surface area contributed by atoms with Crippen molar-refractivity contribution in [3.05, 3.63) is 102 Å². The molecule has 0 bridgehead atoms. The van der Waals surface area contributed by atoms with Crippen LogP contribution in [0.15, 0.2) is 90.5 Å². The number of amides is 1. The first-order valence-electron chi connectivity index (χ1n) is 12.1. The second kappa shape index (κ2) is 16.1. The first kappa shape index (κ1) is 29.5. The van der Waals surface area contributed by atoms with Crippen LogP contribution in [0.25, 0.3) is 5.70 Å². The Balaban J connectivity index is 0.000000512. The minimum atomic E-state index is -0.0329. The maximum Gasteiger partial charge on any atom is 0.234 e. The molecule has 5 nitrogen and oxygen atoms in total. The van der Waals surface area contributed by atoms with E-state index < -0.39 is 0 Å². The third-order valence-corrected chi connectivity index (χ3v) is 5.12. The van der Waals surface area contributed by atoms with Crippen LogP contribution in [-0.2, 0) is 4.79 Å². The van der Waals surface area contributed by atoms with Crippen molar-refractivity contribution < 1.29 is 9.59 Å². The van der Waals surface area contributed by atoms with Crippen LogP contribution in [0, 0.1) is 0 Å². The molecule has 0 unspecified atom stereocenters. The molecule has 0 radical (unpaired) electrons. The summed E-state index contributed by atoms with van der Waals surface area (Å²) in [6.07, 6.45) is 4.65. The van der Waals surface area contributed by atoms with Gasteiger partial charge < -0.3 is 5.32 Å². The Hall–Kier alpha value is -3.57. The summed E-state index contributed by atoms with van der Waals surface area (Å²) in [6, 6.07) is 16.7. The maximum absolute atomic E-state index is 12.9. The van der Waals surface area contributed by atoms with Gasteiger partial charge in [0.1, 0.15) is 0 Å². The highest BCUT2D eigenvalue weighted by atomic mass is 16.2. The van der Waals surface area contributed by atoms with Crippen LogP contribution in [0.5, 0.6) is 0 Å². The van der Waals surface area contributed by atoms with Crippen molar-refractivity contribution in [1.29, 1.82) is 0 Å². The van der Waals surface area contributed by atoms with Gasteiger partial charge in [0.05, 0.1) is 18.0 Å². The van der Waals surface area contributed by atoms with Crippen molar-refractivity contribution in [2.75, 3.05) is 26.7 Å². The van der Waals surface area contributed by atoms with Gasteiger partial charge in [-0.3, -0.25) is 14.5 Å². The van der Waals surface area contributed by atoms with Crippen molar-refractivity contribution in [2.45, 2.75) is 34.1 Å². The Morgan fingerprint density at radius 3 is 2.17 bits per heavy atom. The van der Waals surface area contributed by atoms with Crippen LogP contribution in [0.3, 0.4) is 0 Å². The first-order chi connectivity index (χ1) is 16.9. The number of piperazine rings is 1. The molecule has 1 N–H and O–H groups in total. The number of allylic oxidation sites excluding steroid dienone is 3. The lowest BCUT2D eigenvalue weighted by Gasteiger charge is -2.21. The number of ketones is 1. The number of benzene rings is 2. The van der Waals surface area contributed by atoms with E-state index in [1.165, 1.54) is 0 Å². The molecule has 1 amide bonds. The first-order valence-corrected chi connectivity index (χ1v) is 12.1. The van der Waals surface area contributed by atoms with Gasteiger partial charge in [0.2, 0.25) is 5.91 Å². The van der Waals surface area contributed by atoms with Gasteiger partial charge in [-0.2, -0.15) is 0 Å². The molecule has 5 heteroatoms. The molecule has 186 valence electrons. The van der Waals surface area contributed by atoms with Gasteiger partial charge >= 0.3 is 0 Å². The highest BCUT2D eigenvalue weighted by Gasteiger charge is 2.15. The third kappa shape index (κ3) is 9.67. The molecular weight excluding hydrogens is 434 g/mol. The molecule has 1 heterocycles. The van der Waals surface area contributed by atoms with Crippen LogP contribution < -0.4 is 5.32 Å². The highest BCUT2D eigenvalue weighted by molar-refractivity contribution is 6.13. The molecule has 2 aromatic rings. The van der Waals surface area contributed by atoms with Crippen LogP contribution in [-0.4, -0.2) is 49.0 Å². The smallest absolute Gasteiger partial charge is 0.234 e. The Morgan fingerprint density at radius 2 is 1.66 bits per heavy atom. The molecule has 2 aromatic carbocycles. The highest BCUT2D eigenvalue weighted by Crippen LogP contribution is 2.23. The van der Waals surface area contributed by atoms with Gasteiger partial charge in [-0.25, -0.2) is 4.99 Å². The fraction of sp³-hybridized carbons (Fsp3) is 0.300. The van der Waals surface area contributed by atoms with Crippen molar-refractivity contribution in [1.82, 2.24) is 10.2 Å². The Labute approximate surface area is 211 Å². The number of nitrogens with zero attached hydrogens (tertiary/aromatic N) is 2. The molecular formula is C30H39N3O2. The number of hydrogen-bond donors (Lipinski definition) is 1. The average molecular weight is 474 g/mol. The van der Waals surface area contributed by atoms with Gasteiger partial charge in [-0.1, -0.05) is 94.6 Å². The van der Waals surface area contributed by atoms with Gasteiger partial charge in [0.25, 0.3) is 0 Å². The minimum absolute atomic E-state index is 0.0329. The normalized spacial score (nSPS) is 13.6. The van der Waals surface area contributed by atoms with E-state index in [9.17, 15) is 9.59 Å². The number of carbonyl (C=O) groups is 2. The molecule has 0 saturated carbocycles. The molecule has 1 aliphatic heterocycles. The van der Waals surface area contributed by atoms with Crippen molar-refractivity contribution in [2.24, 2.45) is 4.99 Å². The summed E-state index contributed by atoms with van der Waals surface area (Å²) in [5.41, 5.74) is 4.27. The summed E-state index contributed by atoms with van der Waals surface area (Å²) in [5, 5.41) is 2.73. The summed E-state index contributed by atoms with van der Waals surface area (Å²) in [5.74, 6) is 0.105. The monoisotopic (exact) mass is 473 g/mol. The largest absolute Gasteiger partial charge is 0.354 e. The number of nitrogens with one attached hydrogen (secondary N) is 1. The molecule has 1 saturated heterocycles. The van der Waals surface area contributed by atoms with E-state index in [0.717, 1.165) is 36.4 Å². The predicted molar refractivity (Wildman–Crippen MR) is 149 cm³/mol. The second-order valence-corrected chi connectivity index (χ2v) is 7.73. The van der Waals surface area contributed by atoms with E-state index >= 15 is 0 Å². The van der Waals surface area contributed by atoms with E-state index in [1.54, 1.807) is 0 Å². The predicted octanol–water partition coefficient (Wildman–Crippen LogP) is 5.95. The SMILES string of the molecule is C=C(CC)C(/C=C\C)=NC(=C)c1ccccc1C(=O)c1ccccc1.CC.CN1CCNC(=O)C1. The summed E-state index contributed by atoms with van der Waals surface area (Å²) in [7, 11) is 1.94.